The number of thioether (sulfide) groups is 1. The lowest BCUT2D eigenvalue weighted by Gasteiger charge is -2.23. The van der Waals surface area contributed by atoms with Crippen LogP contribution in [0.25, 0.3) is 0 Å². The molecule has 0 unspecified atom stereocenters. The monoisotopic (exact) mass is 330 g/mol. The second kappa shape index (κ2) is 6.18. The van der Waals surface area contributed by atoms with Gasteiger partial charge in [-0.2, -0.15) is 0 Å². The first-order valence-electron chi connectivity index (χ1n) is 6.46. The van der Waals surface area contributed by atoms with Gasteiger partial charge in [-0.25, -0.2) is 8.42 Å². The number of sulfone groups is 1. The zero-order valence-electron chi connectivity index (χ0n) is 11.8. The molecule has 1 N–H and O–H groups in total. The number of aromatic nitrogens is 3. The first-order valence-corrected chi connectivity index (χ1v) is 9.27. The molecule has 1 fully saturated rings. The van der Waals surface area contributed by atoms with E-state index in [1.807, 2.05) is 0 Å². The Balaban J connectivity index is 1.88. The van der Waals surface area contributed by atoms with Crippen LogP contribution in [0.1, 0.15) is 13.3 Å². The lowest BCUT2D eigenvalue weighted by Crippen LogP contribution is -2.47. The number of nitrogens with one attached hydrogen (secondary N) is 1. The highest BCUT2D eigenvalue weighted by Gasteiger charge is 2.39. The third kappa shape index (κ3) is 4.31. The van der Waals surface area contributed by atoms with Crippen LogP contribution in [0.15, 0.2) is 24.1 Å². The molecule has 1 saturated heterocycles. The number of carbonyl (C=O) groups is 1. The van der Waals surface area contributed by atoms with Crippen molar-refractivity contribution in [2.45, 2.75) is 30.6 Å². The second-order valence-electron chi connectivity index (χ2n) is 5.29. The molecule has 2 heterocycles. The van der Waals surface area contributed by atoms with Crippen LogP contribution in [0.2, 0.25) is 0 Å². The molecule has 0 radical (unpaired) electrons. The predicted octanol–water partition coefficient (Wildman–Crippen LogP) is 0.250. The van der Waals surface area contributed by atoms with Crippen molar-refractivity contribution in [3.63, 3.8) is 0 Å². The van der Waals surface area contributed by atoms with E-state index in [1.54, 1.807) is 23.9 Å². The summed E-state index contributed by atoms with van der Waals surface area (Å²) in [5, 5.41) is 11.2. The maximum Gasteiger partial charge on any atom is 0.230 e. The van der Waals surface area contributed by atoms with Crippen molar-refractivity contribution in [2.75, 3.05) is 17.3 Å². The van der Waals surface area contributed by atoms with Gasteiger partial charge in [-0.15, -0.1) is 16.8 Å². The molecule has 0 saturated carbocycles. The highest BCUT2D eigenvalue weighted by atomic mass is 32.2. The van der Waals surface area contributed by atoms with Crippen molar-refractivity contribution in [2.24, 2.45) is 0 Å². The van der Waals surface area contributed by atoms with Gasteiger partial charge in [-0.05, 0) is 13.3 Å². The molecule has 1 aromatic heterocycles. The van der Waals surface area contributed by atoms with E-state index < -0.39 is 15.4 Å². The number of hydrogen-bond acceptors (Lipinski definition) is 6. The molecule has 1 aliphatic heterocycles. The smallest absolute Gasteiger partial charge is 0.230 e. The molecule has 1 atom stereocenters. The Morgan fingerprint density at radius 2 is 2.43 bits per heavy atom. The van der Waals surface area contributed by atoms with Gasteiger partial charge in [-0.3, -0.25) is 4.79 Å². The Hall–Kier alpha value is -1.35. The van der Waals surface area contributed by atoms with Gasteiger partial charge in [0.05, 0.1) is 22.8 Å². The summed E-state index contributed by atoms with van der Waals surface area (Å²) in [5.74, 6) is 0.104. The first kappa shape index (κ1) is 16.0. The third-order valence-electron chi connectivity index (χ3n) is 3.18. The molecular weight excluding hydrogens is 312 g/mol. The van der Waals surface area contributed by atoms with E-state index in [2.05, 4.69) is 22.1 Å². The summed E-state index contributed by atoms with van der Waals surface area (Å²) >= 11 is 1.26. The molecule has 7 nitrogen and oxygen atoms in total. The molecule has 21 heavy (non-hydrogen) atoms. The fourth-order valence-electron chi connectivity index (χ4n) is 2.23. The summed E-state index contributed by atoms with van der Waals surface area (Å²) in [5.41, 5.74) is -0.661. The number of nitrogens with zero attached hydrogens (tertiary/aromatic N) is 3. The Labute approximate surface area is 128 Å². The van der Waals surface area contributed by atoms with Gasteiger partial charge in [0.1, 0.15) is 6.33 Å². The maximum atomic E-state index is 12.0. The van der Waals surface area contributed by atoms with Crippen LogP contribution in [-0.4, -0.2) is 51.9 Å². The first-order chi connectivity index (χ1) is 9.84. The van der Waals surface area contributed by atoms with Crippen LogP contribution < -0.4 is 5.32 Å². The minimum absolute atomic E-state index is 0.00303. The topological polar surface area (TPSA) is 93.9 Å². The number of amides is 1. The summed E-state index contributed by atoms with van der Waals surface area (Å²) in [6.07, 6.45) is 3.75. The Morgan fingerprint density at radius 3 is 3.05 bits per heavy atom. The number of hydrogen-bond donors (Lipinski definition) is 1. The summed E-state index contributed by atoms with van der Waals surface area (Å²) in [7, 11) is -3.03. The standard InChI is InChI=1S/C12H18N4O3S2/c1-3-5-16-9-13-15-11(16)20-7-10(17)14-12(2)4-6-21(18,19)8-12/h3,9H,1,4-8H2,2H3,(H,14,17)/t12-/m1/s1. The molecule has 2 rings (SSSR count). The Kier molecular flexibility index (Phi) is 4.72. The van der Waals surface area contributed by atoms with Gasteiger partial charge in [-0.1, -0.05) is 17.8 Å². The second-order valence-corrected chi connectivity index (χ2v) is 8.42. The normalized spacial score (nSPS) is 23.9. The largest absolute Gasteiger partial charge is 0.349 e. The highest BCUT2D eigenvalue weighted by molar-refractivity contribution is 7.99. The fourth-order valence-corrected chi connectivity index (χ4v) is 5.05. The zero-order chi connectivity index (χ0) is 15.5. The van der Waals surface area contributed by atoms with Crippen molar-refractivity contribution in [1.29, 1.82) is 0 Å². The number of rotatable bonds is 6. The molecule has 0 spiro atoms. The summed E-state index contributed by atoms with van der Waals surface area (Å²) in [4.78, 5) is 12.0. The van der Waals surface area contributed by atoms with Crippen LogP contribution in [-0.2, 0) is 21.2 Å². The van der Waals surface area contributed by atoms with Crippen molar-refractivity contribution >= 4 is 27.5 Å². The fraction of sp³-hybridized carbons (Fsp3) is 0.583. The molecule has 0 bridgehead atoms. The van der Waals surface area contributed by atoms with E-state index in [0.29, 0.717) is 18.1 Å². The van der Waals surface area contributed by atoms with Gasteiger partial charge >= 0.3 is 0 Å². The Bertz CT molecular complexity index is 641. The zero-order valence-corrected chi connectivity index (χ0v) is 13.4. The van der Waals surface area contributed by atoms with E-state index in [1.165, 1.54) is 11.8 Å². The number of allylic oxidation sites excluding steroid dienone is 1. The molecule has 1 aliphatic rings. The van der Waals surface area contributed by atoms with E-state index in [-0.39, 0.29) is 23.2 Å². The molecule has 0 aliphatic carbocycles. The third-order valence-corrected chi connectivity index (χ3v) is 6.07. The van der Waals surface area contributed by atoms with E-state index in [0.717, 1.165) is 0 Å². The van der Waals surface area contributed by atoms with E-state index in [9.17, 15) is 13.2 Å². The van der Waals surface area contributed by atoms with Crippen LogP contribution in [0.5, 0.6) is 0 Å². The minimum Gasteiger partial charge on any atom is -0.349 e. The lowest BCUT2D eigenvalue weighted by molar-refractivity contribution is -0.120. The van der Waals surface area contributed by atoms with Gasteiger partial charge in [0.2, 0.25) is 5.91 Å². The maximum absolute atomic E-state index is 12.0. The summed E-state index contributed by atoms with van der Waals surface area (Å²) in [6.45, 7) is 5.98. The van der Waals surface area contributed by atoms with Crippen LogP contribution in [0.4, 0.5) is 0 Å². The minimum atomic E-state index is -3.03. The lowest BCUT2D eigenvalue weighted by atomic mass is 10.0. The molecule has 1 amide bonds. The summed E-state index contributed by atoms with van der Waals surface area (Å²) in [6, 6.07) is 0. The number of carbonyl (C=O) groups excluding carboxylic acids is 1. The van der Waals surface area contributed by atoms with Crippen molar-refractivity contribution in [1.82, 2.24) is 20.1 Å². The van der Waals surface area contributed by atoms with Crippen molar-refractivity contribution < 1.29 is 13.2 Å². The SMILES string of the molecule is C=CCn1cnnc1SCC(=O)N[C@]1(C)CCS(=O)(=O)C1. The predicted molar refractivity (Wildman–Crippen MR) is 80.8 cm³/mol. The van der Waals surface area contributed by atoms with Crippen LogP contribution >= 0.6 is 11.8 Å². The van der Waals surface area contributed by atoms with E-state index in [4.69, 9.17) is 0 Å². The molecule has 9 heteroatoms. The molecular formula is C12H18N4O3S2. The van der Waals surface area contributed by atoms with Gasteiger partial charge in [0.15, 0.2) is 15.0 Å². The van der Waals surface area contributed by atoms with Crippen LogP contribution in [0.3, 0.4) is 0 Å². The van der Waals surface area contributed by atoms with E-state index >= 15 is 0 Å². The van der Waals surface area contributed by atoms with Gasteiger partial charge in [0, 0.05) is 6.54 Å². The van der Waals surface area contributed by atoms with Crippen LogP contribution in [0, 0.1) is 0 Å². The quantitative estimate of drug-likeness (QED) is 0.593. The molecule has 116 valence electrons. The van der Waals surface area contributed by atoms with Gasteiger partial charge < -0.3 is 9.88 Å². The average molecular weight is 330 g/mol. The summed E-state index contributed by atoms with van der Waals surface area (Å²) < 4.78 is 24.8. The Morgan fingerprint density at radius 1 is 1.67 bits per heavy atom. The van der Waals surface area contributed by atoms with Gasteiger partial charge in [0.25, 0.3) is 0 Å². The van der Waals surface area contributed by atoms with Crippen molar-refractivity contribution in [3.8, 4) is 0 Å². The molecule has 0 aromatic carbocycles. The average Bonchev–Trinajstić information content (AvgIpc) is 2.92. The molecule has 1 aromatic rings. The highest BCUT2D eigenvalue weighted by Crippen LogP contribution is 2.23. The van der Waals surface area contributed by atoms with Crippen molar-refractivity contribution in [3.05, 3.63) is 19.0 Å².